The molecule has 104 valence electrons. The summed E-state index contributed by atoms with van der Waals surface area (Å²) in [6.45, 7) is 2.38. The zero-order valence-corrected chi connectivity index (χ0v) is 11.2. The average molecular weight is 274 g/mol. The molecule has 0 fully saturated rings. The summed E-state index contributed by atoms with van der Waals surface area (Å²) in [6.07, 6.45) is 0. The van der Waals surface area contributed by atoms with Crippen LogP contribution in [0.5, 0.6) is 0 Å². The number of benzene rings is 1. The maximum Gasteiger partial charge on any atom is 0.374 e. The van der Waals surface area contributed by atoms with Gasteiger partial charge < -0.3 is 14.5 Å². The first-order valence-electron chi connectivity index (χ1n) is 5.99. The Kier molecular flexibility index (Phi) is 3.84. The highest BCUT2D eigenvalue weighted by atomic mass is 16.5. The molecule has 20 heavy (non-hydrogen) atoms. The highest BCUT2D eigenvalue weighted by Crippen LogP contribution is 2.12. The summed E-state index contributed by atoms with van der Waals surface area (Å²) in [5.41, 5.74) is 2.09. The lowest BCUT2D eigenvalue weighted by molar-refractivity contribution is 0.0649. The number of carboxylic acid groups (broad SMARTS) is 1. The molecular weight excluding hydrogens is 260 g/mol. The van der Waals surface area contributed by atoms with E-state index in [0.29, 0.717) is 6.54 Å². The molecule has 0 aliphatic rings. The summed E-state index contributed by atoms with van der Waals surface area (Å²) in [4.78, 5) is 24.3. The van der Waals surface area contributed by atoms with Crippen molar-refractivity contribution in [2.75, 3.05) is 7.05 Å². The number of carbonyl (C=O) groups is 2. The molecule has 1 N–H and O–H groups in total. The highest BCUT2D eigenvalue weighted by molar-refractivity contribution is 5.94. The Balaban J connectivity index is 2.12. The number of aromatic carboxylic acids is 1. The standard InChI is InChI=1S/C14H14N2O4/c1-9-5-3-4-6-10(9)8-16(2)13(17)11-7-12(14(18)19)20-15-11/h3-7H,8H2,1-2H3,(H,18,19). The fourth-order valence-corrected chi connectivity index (χ4v) is 1.79. The minimum atomic E-state index is -1.25. The largest absolute Gasteiger partial charge is 0.475 e. The topological polar surface area (TPSA) is 83.6 Å². The van der Waals surface area contributed by atoms with Crippen molar-refractivity contribution >= 4 is 11.9 Å². The van der Waals surface area contributed by atoms with Crippen molar-refractivity contribution in [3.05, 3.63) is 52.9 Å². The van der Waals surface area contributed by atoms with Gasteiger partial charge in [-0.25, -0.2) is 4.79 Å². The molecule has 0 aliphatic heterocycles. The zero-order chi connectivity index (χ0) is 14.7. The van der Waals surface area contributed by atoms with Crippen LogP contribution in [-0.4, -0.2) is 34.1 Å². The fraction of sp³-hybridized carbons (Fsp3) is 0.214. The van der Waals surface area contributed by atoms with E-state index < -0.39 is 5.97 Å². The number of carbonyl (C=O) groups excluding carboxylic acids is 1. The highest BCUT2D eigenvalue weighted by Gasteiger charge is 2.20. The maximum atomic E-state index is 12.1. The Morgan fingerprint density at radius 2 is 2.05 bits per heavy atom. The first-order chi connectivity index (χ1) is 9.49. The number of hydrogen-bond donors (Lipinski definition) is 1. The summed E-state index contributed by atoms with van der Waals surface area (Å²) in [5.74, 6) is -1.99. The van der Waals surface area contributed by atoms with Crippen LogP contribution in [-0.2, 0) is 6.54 Å². The quantitative estimate of drug-likeness (QED) is 0.921. The molecule has 0 saturated heterocycles. The lowest BCUT2D eigenvalue weighted by Gasteiger charge is -2.16. The number of amides is 1. The van der Waals surface area contributed by atoms with E-state index in [1.54, 1.807) is 7.05 Å². The van der Waals surface area contributed by atoms with Crippen LogP contribution < -0.4 is 0 Å². The van der Waals surface area contributed by atoms with Crippen molar-refractivity contribution < 1.29 is 19.2 Å². The zero-order valence-electron chi connectivity index (χ0n) is 11.2. The molecular formula is C14H14N2O4. The molecule has 2 aromatic rings. The van der Waals surface area contributed by atoms with Crippen molar-refractivity contribution in [1.82, 2.24) is 10.1 Å². The number of aromatic nitrogens is 1. The van der Waals surface area contributed by atoms with Crippen molar-refractivity contribution in [1.29, 1.82) is 0 Å². The summed E-state index contributed by atoms with van der Waals surface area (Å²) in [7, 11) is 1.63. The molecule has 0 saturated carbocycles. The van der Waals surface area contributed by atoms with E-state index in [2.05, 4.69) is 9.68 Å². The minimum absolute atomic E-state index is 0.0153. The van der Waals surface area contributed by atoms with E-state index >= 15 is 0 Å². The first kappa shape index (κ1) is 13.8. The lowest BCUT2D eigenvalue weighted by atomic mass is 10.1. The van der Waals surface area contributed by atoms with Gasteiger partial charge in [-0.1, -0.05) is 29.4 Å². The van der Waals surface area contributed by atoms with Crippen LogP contribution >= 0.6 is 0 Å². The summed E-state index contributed by atoms with van der Waals surface area (Å²) in [5, 5.41) is 12.2. The number of rotatable bonds is 4. The summed E-state index contributed by atoms with van der Waals surface area (Å²) < 4.78 is 4.57. The molecule has 0 unspecified atom stereocenters. The van der Waals surface area contributed by atoms with Gasteiger partial charge in [-0.05, 0) is 18.1 Å². The first-order valence-corrected chi connectivity index (χ1v) is 5.99. The summed E-state index contributed by atoms with van der Waals surface area (Å²) >= 11 is 0. The van der Waals surface area contributed by atoms with Gasteiger partial charge in [-0.15, -0.1) is 0 Å². The van der Waals surface area contributed by atoms with Crippen LogP contribution in [0.15, 0.2) is 34.9 Å². The Morgan fingerprint density at radius 3 is 2.65 bits per heavy atom. The van der Waals surface area contributed by atoms with Gasteiger partial charge in [0.25, 0.3) is 5.91 Å². The molecule has 0 aliphatic carbocycles. The van der Waals surface area contributed by atoms with Crippen molar-refractivity contribution in [3.63, 3.8) is 0 Å². The Hall–Kier alpha value is -2.63. The van der Waals surface area contributed by atoms with Gasteiger partial charge in [-0.2, -0.15) is 0 Å². The van der Waals surface area contributed by atoms with Crippen LogP contribution in [0, 0.1) is 6.92 Å². The number of hydrogen-bond acceptors (Lipinski definition) is 4. The molecule has 0 spiro atoms. The maximum absolute atomic E-state index is 12.1. The van der Waals surface area contributed by atoms with Gasteiger partial charge in [-0.3, -0.25) is 4.79 Å². The van der Waals surface area contributed by atoms with Gasteiger partial charge in [0.15, 0.2) is 5.69 Å². The van der Waals surface area contributed by atoms with Crippen molar-refractivity contribution in [2.24, 2.45) is 0 Å². The van der Waals surface area contributed by atoms with Crippen LogP contribution in [0.25, 0.3) is 0 Å². The van der Waals surface area contributed by atoms with Gasteiger partial charge >= 0.3 is 5.97 Å². The average Bonchev–Trinajstić information content (AvgIpc) is 2.90. The molecule has 0 bridgehead atoms. The normalized spacial score (nSPS) is 10.3. The molecule has 0 radical (unpaired) electrons. The third-order valence-corrected chi connectivity index (χ3v) is 2.96. The van der Waals surface area contributed by atoms with Crippen LogP contribution in [0.3, 0.4) is 0 Å². The van der Waals surface area contributed by atoms with Crippen LogP contribution in [0.2, 0.25) is 0 Å². The van der Waals surface area contributed by atoms with Crippen LogP contribution in [0.4, 0.5) is 0 Å². The third kappa shape index (κ3) is 2.85. The molecule has 1 heterocycles. The Bertz CT molecular complexity index is 648. The summed E-state index contributed by atoms with van der Waals surface area (Å²) in [6, 6.07) is 8.85. The minimum Gasteiger partial charge on any atom is -0.475 e. The lowest BCUT2D eigenvalue weighted by Crippen LogP contribution is -2.26. The van der Waals surface area contributed by atoms with Gasteiger partial charge in [0.2, 0.25) is 5.76 Å². The second kappa shape index (κ2) is 5.56. The van der Waals surface area contributed by atoms with Crippen molar-refractivity contribution in [3.8, 4) is 0 Å². The SMILES string of the molecule is Cc1ccccc1CN(C)C(=O)c1cc(C(=O)O)on1. The molecule has 1 aromatic carbocycles. The van der Waals surface area contributed by atoms with E-state index in [4.69, 9.17) is 5.11 Å². The fourth-order valence-electron chi connectivity index (χ4n) is 1.79. The van der Waals surface area contributed by atoms with Gasteiger partial charge in [0.1, 0.15) is 0 Å². The molecule has 1 amide bonds. The number of nitrogens with zero attached hydrogens (tertiary/aromatic N) is 2. The van der Waals surface area contributed by atoms with E-state index in [1.807, 2.05) is 31.2 Å². The number of aryl methyl sites for hydroxylation is 1. The molecule has 1 aromatic heterocycles. The molecule has 6 nitrogen and oxygen atoms in total. The second-order valence-corrected chi connectivity index (χ2v) is 4.47. The van der Waals surface area contributed by atoms with E-state index in [1.165, 1.54) is 4.90 Å². The van der Waals surface area contributed by atoms with E-state index in [9.17, 15) is 9.59 Å². The second-order valence-electron chi connectivity index (χ2n) is 4.47. The predicted octanol–water partition coefficient (Wildman–Crippen LogP) is 1.95. The van der Waals surface area contributed by atoms with Gasteiger partial charge in [0.05, 0.1) is 0 Å². The monoisotopic (exact) mass is 274 g/mol. The molecule has 6 heteroatoms. The van der Waals surface area contributed by atoms with E-state index in [-0.39, 0.29) is 17.4 Å². The van der Waals surface area contributed by atoms with Crippen molar-refractivity contribution in [2.45, 2.75) is 13.5 Å². The molecule has 2 rings (SSSR count). The predicted molar refractivity (Wildman–Crippen MR) is 70.4 cm³/mol. The molecule has 0 atom stereocenters. The van der Waals surface area contributed by atoms with E-state index in [0.717, 1.165) is 17.2 Å². The Morgan fingerprint density at radius 1 is 1.35 bits per heavy atom. The Labute approximate surface area is 115 Å². The third-order valence-electron chi connectivity index (χ3n) is 2.96. The number of carboxylic acids is 1. The van der Waals surface area contributed by atoms with Crippen LogP contribution in [0.1, 0.15) is 32.2 Å². The van der Waals surface area contributed by atoms with Gasteiger partial charge in [0, 0.05) is 19.7 Å². The smallest absolute Gasteiger partial charge is 0.374 e.